The molecule has 0 N–H and O–H groups in total. The van der Waals surface area contributed by atoms with Crippen LogP contribution in [0.1, 0.15) is 44.3 Å². The summed E-state index contributed by atoms with van der Waals surface area (Å²) in [6, 6.07) is 0. The summed E-state index contributed by atoms with van der Waals surface area (Å²) in [4.78, 5) is 11.4. The van der Waals surface area contributed by atoms with Gasteiger partial charge in [0.15, 0.2) is 0 Å². The Hall–Kier alpha value is -1.62. The summed E-state index contributed by atoms with van der Waals surface area (Å²) in [6.07, 6.45) is 14.8. The number of aromatic nitrogens is 4. The highest BCUT2D eigenvalue weighted by molar-refractivity contribution is 4.92. The van der Waals surface area contributed by atoms with E-state index < -0.39 is 0 Å². The Bertz CT molecular complexity index is 511. The van der Waals surface area contributed by atoms with E-state index >= 15 is 0 Å². The summed E-state index contributed by atoms with van der Waals surface area (Å²) in [6.45, 7) is 5.79. The molecule has 0 aromatic carbocycles. The fraction of sp³-hybridized carbons (Fsp3) is 0.667. The maximum Gasteiger partial charge on any atom is 0.108 e. The van der Waals surface area contributed by atoms with Crippen LogP contribution in [0.15, 0.2) is 24.8 Å². The van der Waals surface area contributed by atoms with Crippen molar-refractivity contribution in [3.63, 3.8) is 0 Å². The smallest absolute Gasteiger partial charge is 0.108 e. The van der Waals surface area contributed by atoms with Crippen molar-refractivity contribution >= 4 is 0 Å². The van der Waals surface area contributed by atoms with Crippen molar-refractivity contribution in [1.29, 1.82) is 0 Å². The van der Waals surface area contributed by atoms with Crippen molar-refractivity contribution in [2.24, 2.45) is 14.1 Å². The highest BCUT2D eigenvalue weighted by atomic mass is 15.1. The van der Waals surface area contributed by atoms with E-state index in [1.165, 1.54) is 43.9 Å². The molecule has 2 rings (SSSR count). The summed E-state index contributed by atoms with van der Waals surface area (Å²) in [5.41, 5.74) is 0. The Morgan fingerprint density at radius 3 is 1.70 bits per heavy atom. The minimum Gasteiger partial charge on any atom is -0.338 e. The Balaban J connectivity index is 1.72. The standard InChI is InChI=1S/C18H31N5/c1-4-5-12-23(13-6-8-17-19-10-15-21(17)2)14-7-9-18-20-11-16-22(18)3/h10-11,15-16H,4-9,12-14H2,1-3H3. The second kappa shape index (κ2) is 9.50. The molecule has 5 nitrogen and oxygen atoms in total. The zero-order chi connectivity index (χ0) is 16.5. The van der Waals surface area contributed by atoms with Gasteiger partial charge in [0.1, 0.15) is 11.6 Å². The van der Waals surface area contributed by atoms with Gasteiger partial charge in [-0.25, -0.2) is 9.97 Å². The fourth-order valence-corrected chi connectivity index (χ4v) is 2.91. The molecule has 0 unspecified atom stereocenters. The van der Waals surface area contributed by atoms with Crippen LogP contribution in [0.5, 0.6) is 0 Å². The lowest BCUT2D eigenvalue weighted by Crippen LogP contribution is -2.28. The highest BCUT2D eigenvalue weighted by Crippen LogP contribution is 2.06. The number of hydrogen-bond acceptors (Lipinski definition) is 3. The quantitative estimate of drug-likeness (QED) is 0.640. The Morgan fingerprint density at radius 1 is 0.826 bits per heavy atom. The highest BCUT2D eigenvalue weighted by Gasteiger charge is 2.07. The summed E-state index contributed by atoms with van der Waals surface area (Å²) in [5.74, 6) is 2.38. The molecule has 0 fully saturated rings. The minimum absolute atomic E-state index is 1.06. The Morgan fingerprint density at radius 2 is 1.30 bits per heavy atom. The van der Waals surface area contributed by atoms with E-state index in [2.05, 4.69) is 45.0 Å². The third-order valence-electron chi connectivity index (χ3n) is 4.42. The monoisotopic (exact) mass is 317 g/mol. The molecule has 0 aliphatic heterocycles. The lowest BCUT2D eigenvalue weighted by atomic mass is 10.2. The van der Waals surface area contributed by atoms with E-state index in [1.807, 2.05) is 24.8 Å². The molecular weight excluding hydrogens is 286 g/mol. The lowest BCUT2D eigenvalue weighted by Gasteiger charge is -2.22. The summed E-state index contributed by atoms with van der Waals surface area (Å²) in [7, 11) is 4.15. The van der Waals surface area contributed by atoms with Crippen LogP contribution in [0.2, 0.25) is 0 Å². The van der Waals surface area contributed by atoms with Crippen LogP contribution in [0.25, 0.3) is 0 Å². The van der Waals surface area contributed by atoms with Gasteiger partial charge in [0.25, 0.3) is 0 Å². The predicted molar refractivity (Wildman–Crippen MR) is 94.4 cm³/mol. The van der Waals surface area contributed by atoms with Crippen molar-refractivity contribution in [1.82, 2.24) is 24.0 Å². The Kier molecular flexibility index (Phi) is 7.33. The molecule has 2 heterocycles. The number of hydrogen-bond donors (Lipinski definition) is 0. The van der Waals surface area contributed by atoms with Crippen LogP contribution < -0.4 is 0 Å². The molecule has 0 bridgehead atoms. The second-order valence-electron chi connectivity index (χ2n) is 6.31. The number of imidazole rings is 2. The average molecular weight is 317 g/mol. The number of rotatable bonds is 11. The SMILES string of the molecule is CCCCN(CCCc1nccn1C)CCCc1nccn1C. The van der Waals surface area contributed by atoms with Gasteiger partial charge in [0.2, 0.25) is 0 Å². The number of aryl methyl sites for hydroxylation is 4. The molecule has 23 heavy (non-hydrogen) atoms. The molecule has 2 aromatic rings. The Labute approximate surface area is 140 Å². The predicted octanol–water partition coefficient (Wildman–Crippen LogP) is 2.82. The number of nitrogens with zero attached hydrogens (tertiary/aromatic N) is 5. The first kappa shape index (κ1) is 17.7. The van der Waals surface area contributed by atoms with Gasteiger partial charge < -0.3 is 14.0 Å². The van der Waals surface area contributed by atoms with E-state index in [-0.39, 0.29) is 0 Å². The molecule has 128 valence electrons. The number of unbranched alkanes of at least 4 members (excludes halogenated alkanes) is 1. The van der Waals surface area contributed by atoms with E-state index in [0.717, 1.165) is 25.9 Å². The third-order valence-corrected chi connectivity index (χ3v) is 4.42. The van der Waals surface area contributed by atoms with E-state index in [4.69, 9.17) is 0 Å². The first-order valence-electron chi connectivity index (χ1n) is 8.85. The topological polar surface area (TPSA) is 38.9 Å². The third kappa shape index (κ3) is 5.82. The van der Waals surface area contributed by atoms with Crippen LogP contribution in [0.4, 0.5) is 0 Å². The van der Waals surface area contributed by atoms with E-state index in [1.54, 1.807) is 0 Å². The molecule has 0 atom stereocenters. The van der Waals surface area contributed by atoms with Gasteiger partial charge in [-0.3, -0.25) is 0 Å². The van der Waals surface area contributed by atoms with Crippen LogP contribution in [-0.2, 0) is 26.9 Å². The molecule has 0 amide bonds. The van der Waals surface area contributed by atoms with Crippen LogP contribution >= 0.6 is 0 Å². The fourth-order valence-electron chi connectivity index (χ4n) is 2.91. The van der Waals surface area contributed by atoms with Crippen LogP contribution in [0.3, 0.4) is 0 Å². The maximum atomic E-state index is 4.41. The molecule has 2 aromatic heterocycles. The van der Waals surface area contributed by atoms with Crippen molar-refractivity contribution in [2.75, 3.05) is 19.6 Å². The molecular formula is C18H31N5. The molecule has 0 radical (unpaired) electrons. The van der Waals surface area contributed by atoms with E-state index in [9.17, 15) is 0 Å². The van der Waals surface area contributed by atoms with Gasteiger partial charge in [-0.2, -0.15) is 0 Å². The maximum absolute atomic E-state index is 4.41. The van der Waals surface area contributed by atoms with Gasteiger partial charge in [0.05, 0.1) is 0 Å². The summed E-state index contributed by atoms with van der Waals surface area (Å²) in [5, 5.41) is 0. The summed E-state index contributed by atoms with van der Waals surface area (Å²) >= 11 is 0. The first-order valence-corrected chi connectivity index (χ1v) is 8.85. The van der Waals surface area contributed by atoms with Gasteiger partial charge in [-0.15, -0.1) is 0 Å². The first-order chi connectivity index (χ1) is 11.2. The van der Waals surface area contributed by atoms with Crippen molar-refractivity contribution in [2.45, 2.75) is 45.4 Å². The lowest BCUT2D eigenvalue weighted by molar-refractivity contribution is 0.261. The minimum atomic E-state index is 1.06. The summed E-state index contributed by atoms with van der Waals surface area (Å²) < 4.78 is 4.24. The zero-order valence-corrected chi connectivity index (χ0v) is 14.9. The molecule has 5 heteroatoms. The van der Waals surface area contributed by atoms with Gasteiger partial charge in [0, 0.05) is 51.7 Å². The van der Waals surface area contributed by atoms with Crippen molar-refractivity contribution in [3.8, 4) is 0 Å². The molecule has 0 aliphatic rings. The van der Waals surface area contributed by atoms with Crippen molar-refractivity contribution < 1.29 is 0 Å². The zero-order valence-electron chi connectivity index (χ0n) is 14.9. The van der Waals surface area contributed by atoms with Gasteiger partial charge in [-0.05, 0) is 38.9 Å². The van der Waals surface area contributed by atoms with Crippen LogP contribution in [-0.4, -0.2) is 43.6 Å². The van der Waals surface area contributed by atoms with Gasteiger partial charge in [-0.1, -0.05) is 13.3 Å². The average Bonchev–Trinajstić information content (AvgIpc) is 3.13. The molecule has 0 saturated carbocycles. The molecule has 0 saturated heterocycles. The second-order valence-corrected chi connectivity index (χ2v) is 6.31. The molecule has 0 spiro atoms. The van der Waals surface area contributed by atoms with Crippen molar-refractivity contribution in [3.05, 3.63) is 36.4 Å². The van der Waals surface area contributed by atoms with E-state index in [0.29, 0.717) is 0 Å². The largest absolute Gasteiger partial charge is 0.338 e. The molecule has 0 aliphatic carbocycles. The van der Waals surface area contributed by atoms with Crippen LogP contribution in [0, 0.1) is 0 Å². The van der Waals surface area contributed by atoms with Gasteiger partial charge >= 0.3 is 0 Å². The normalized spacial score (nSPS) is 11.5.